The number of benzene rings is 2. The summed E-state index contributed by atoms with van der Waals surface area (Å²) >= 11 is 0. The number of fused-ring (bicyclic) bond motifs is 1. The summed E-state index contributed by atoms with van der Waals surface area (Å²) < 4.78 is 1.44. The lowest BCUT2D eigenvalue weighted by Gasteiger charge is -2.07. The smallest absolute Gasteiger partial charge is 0.273 e. The third kappa shape index (κ3) is 2.16. The van der Waals surface area contributed by atoms with Crippen molar-refractivity contribution in [2.24, 2.45) is 0 Å². The molecular weight excluding hydrogens is 252 g/mol. The zero-order valence-electron chi connectivity index (χ0n) is 10.7. The quantitative estimate of drug-likeness (QED) is 0.739. The van der Waals surface area contributed by atoms with E-state index in [1.165, 1.54) is 4.68 Å². The minimum atomic E-state index is -0.313. The maximum Gasteiger partial charge on any atom is 0.273 e. The van der Waals surface area contributed by atoms with E-state index in [1.807, 2.05) is 54.6 Å². The van der Waals surface area contributed by atoms with E-state index in [0.29, 0.717) is 5.69 Å². The minimum Gasteiger partial charge on any atom is -0.321 e. The molecule has 0 saturated carbocycles. The fourth-order valence-electron chi connectivity index (χ4n) is 1.89. The van der Waals surface area contributed by atoms with Crippen molar-refractivity contribution in [2.75, 3.05) is 5.32 Å². The van der Waals surface area contributed by atoms with Crippen molar-refractivity contribution in [1.29, 1.82) is 0 Å². The molecule has 1 heterocycles. The first-order valence-electron chi connectivity index (χ1n) is 6.12. The normalized spacial score (nSPS) is 10.4. The van der Waals surface area contributed by atoms with E-state index in [1.54, 1.807) is 0 Å². The molecule has 1 aromatic heterocycles. The van der Waals surface area contributed by atoms with E-state index in [2.05, 4.69) is 22.2 Å². The van der Waals surface area contributed by atoms with Crippen LogP contribution in [0.5, 0.6) is 0 Å². The number of hydrogen-bond acceptors (Lipinski definition) is 3. The lowest BCUT2D eigenvalue weighted by molar-refractivity contribution is -0.111. The molecule has 0 spiro atoms. The summed E-state index contributed by atoms with van der Waals surface area (Å²) in [4.78, 5) is 12.2. The average molecular weight is 264 g/mol. The number of carbonyl (C=O) groups excluding carboxylic acids is 1. The van der Waals surface area contributed by atoms with E-state index in [9.17, 15) is 4.79 Å². The van der Waals surface area contributed by atoms with Crippen LogP contribution in [0.1, 0.15) is 0 Å². The van der Waals surface area contributed by atoms with Crippen molar-refractivity contribution in [3.05, 3.63) is 61.2 Å². The fourth-order valence-corrected chi connectivity index (χ4v) is 1.89. The van der Waals surface area contributed by atoms with Crippen LogP contribution in [0.25, 0.3) is 16.7 Å². The van der Waals surface area contributed by atoms with Crippen LogP contribution in [0.15, 0.2) is 61.2 Å². The van der Waals surface area contributed by atoms with Crippen molar-refractivity contribution in [2.45, 2.75) is 0 Å². The van der Waals surface area contributed by atoms with Gasteiger partial charge in [0.05, 0.1) is 5.52 Å². The molecule has 0 unspecified atom stereocenters. The van der Waals surface area contributed by atoms with Gasteiger partial charge in [-0.3, -0.25) is 4.79 Å². The SMILES string of the molecule is C=C(C(=O)Nc1ccccc1)n1nnc2ccccc21. The largest absolute Gasteiger partial charge is 0.321 e. The van der Waals surface area contributed by atoms with Crippen LogP contribution >= 0.6 is 0 Å². The van der Waals surface area contributed by atoms with Gasteiger partial charge in [0.2, 0.25) is 0 Å². The third-order valence-electron chi connectivity index (χ3n) is 2.90. The molecule has 98 valence electrons. The Kier molecular flexibility index (Phi) is 3.01. The second-order valence-electron chi connectivity index (χ2n) is 4.26. The Bertz CT molecular complexity index is 777. The molecule has 0 bridgehead atoms. The number of para-hydroxylation sites is 2. The first-order chi connectivity index (χ1) is 9.75. The van der Waals surface area contributed by atoms with Gasteiger partial charge in [0.15, 0.2) is 0 Å². The topological polar surface area (TPSA) is 59.8 Å². The van der Waals surface area contributed by atoms with Crippen LogP contribution in [-0.4, -0.2) is 20.9 Å². The van der Waals surface area contributed by atoms with Crippen molar-refractivity contribution in [1.82, 2.24) is 15.0 Å². The Morgan fingerprint density at radius 2 is 1.75 bits per heavy atom. The molecule has 0 fully saturated rings. The summed E-state index contributed by atoms with van der Waals surface area (Å²) in [6.45, 7) is 3.79. The fraction of sp³-hybridized carbons (Fsp3) is 0. The van der Waals surface area contributed by atoms with Crippen molar-refractivity contribution in [3.8, 4) is 0 Å². The third-order valence-corrected chi connectivity index (χ3v) is 2.90. The van der Waals surface area contributed by atoms with Crippen LogP contribution in [0.3, 0.4) is 0 Å². The van der Waals surface area contributed by atoms with Crippen molar-refractivity contribution in [3.63, 3.8) is 0 Å². The highest BCUT2D eigenvalue weighted by atomic mass is 16.2. The van der Waals surface area contributed by atoms with E-state index >= 15 is 0 Å². The van der Waals surface area contributed by atoms with Crippen LogP contribution in [0.4, 0.5) is 5.69 Å². The molecule has 0 radical (unpaired) electrons. The minimum absolute atomic E-state index is 0.225. The van der Waals surface area contributed by atoms with Gasteiger partial charge in [0.1, 0.15) is 11.2 Å². The molecule has 5 nitrogen and oxygen atoms in total. The summed E-state index contributed by atoms with van der Waals surface area (Å²) in [5, 5.41) is 10.7. The number of amides is 1. The monoisotopic (exact) mass is 264 g/mol. The molecule has 5 heteroatoms. The number of nitrogens with one attached hydrogen (secondary N) is 1. The Morgan fingerprint density at radius 3 is 2.55 bits per heavy atom. The summed E-state index contributed by atoms with van der Waals surface area (Å²) in [6.07, 6.45) is 0. The molecule has 0 atom stereocenters. The van der Waals surface area contributed by atoms with Crippen molar-refractivity contribution < 1.29 is 4.79 Å². The maximum absolute atomic E-state index is 12.2. The Labute approximate surface area is 115 Å². The maximum atomic E-state index is 12.2. The number of anilines is 1. The molecule has 0 aliphatic heterocycles. The van der Waals surface area contributed by atoms with Gasteiger partial charge in [-0.1, -0.05) is 42.1 Å². The van der Waals surface area contributed by atoms with E-state index < -0.39 is 0 Å². The first kappa shape index (κ1) is 12.1. The molecule has 1 N–H and O–H groups in total. The number of aromatic nitrogens is 3. The zero-order chi connectivity index (χ0) is 13.9. The highest BCUT2D eigenvalue weighted by Gasteiger charge is 2.13. The Hall–Kier alpha value is -2.95. The van der Waals surface area contributed by atoms with Crippen LogP contribution < -0.4 is 5.32 Å². The highest BCUT2D eigenvalue weighted by molar-refractivity contribution is 6.20. The summed E-state index contributed by atoms with van der Waals surface area (Å²) in [5.41, 5.74) is 2.41. The molecule has 3 aromatic rings. The number of hydrogen-bond donors (Lipinski definition) is 1. The Balaban J connectivity index is 1.87. The van der Waals surface area contributed by atoms with Gasteiger partial charge in [-0.2, -0.15) is 0 Å². The van der Waals surface area contributed by atoms with Crippen LogP contribution in [0.2, 0.25) is 0 Å². The number of nitrogens with zero attached hydrogens (tertiary/aromatic N) is 3. The molecule has 2 aromatic carbocycles. The lowest BCUT2D eigenvalue weighted by Crippen LogP contribution is -2.17. The van der Waals surface area contributed by atoms with Gasteiger partial charge in [0.25, 0.3) is 5.91 Å². The van der Waals surface area contributed by atoms with E-state index in [0.717, 1.165) is 11.0 Å². The second kappa shape index (κ2) is 4.97. The second-order valence-corrected chi connectivity index (χ2v) is 4.26. The standard InChI is InChI=1S/C15H12N4O/c1-11(15(20)16-12-7-3-2-4-8-12)19-14-10-6-5-9-13(14)17-18-19/h2-10H,1H2,(H,16,20). The number of carbonyl (C=O) groups is 1. The Morgan fingerprint density at radius 1 is 1.05 bits per heavy atom. The summed E-state index contributed by atoms with van der Waals surface area (Å²) in [7, 11) is 0. The molecule has 3 rings (SSSR count). The highest BCUT2D eigenvalue weighted by Crippen LogP contribution is 2.15. The van der Waals surface area contributed by atoms with E-state index in [4.69, 9.17) is 0 Å². The van der Waals surface area contributed by atoms with Gasteiger partial charge in [-0.15, -0.1) is 5.10 Å². The molecule has 0 aliphatic carbocycles. The van der Waals surface area contributed by atoms with Crippen LogP contribution in [0, 0.1) is 0 Å². The van der Waals surface area contributed by atoms with Gasteiger partial charge in [-0.05, 0) is 24.3 Å². The summed E-state index contributed by atoms with van der Waals surface area (Å²) in [6, 6.07) is 16.6. The van der Waals surface area contributed by atoms with Crippen molar-refractivity contribution >= 4 is 28.3 Å². The molecule has 1 amide bonds. The summed E-state index contributed by atoms with van der Waals surface area (Å²) in [5.74, 6) is -0.313. The molecule has 0 saturated heterocycles. The van der Waals surface area contributed by atoms with Gasteiger partial charge < -0.3 is 5.32 Å². The van der Waals surface area contributed by atoms with Crippen LogP contribution in [-0.2, 0) is 4.79 Å². The zero-order valence-corrected chi connectivity index (χ0v) is 10.7. The molecule has 0 aliphatic rings. The average Bonchev–Trinajstić information content (AvgIpc) is 2.91. The first-order valence-corrected chi connectivity index (χ1v) is 6.12. The molecular formula is C15H12N4O. The van der Waals surface area contributed by atoms with Gasteiger partial charge in [0, 0.05) is 5.69 Å². The van der Waals surface area contributed by atoms with Gasteiger partial charge >= 0.3 is 0 Å². The van der Waals surface area contributed by atoms with E-state index in [-0.39, 0.29) is 11.6 Å². The predicted octanol–water partition coefficient (Wildman–Crippen LogP) is 2.54. The molecule has 20 heavy (non-hydrogen) atoms. The lowest BCUT2D eigenvalue weighted by atomic mass is 10.3. The van der Waals surface area contributed by atoms with Gasteiger partial charge in [-0.25, -0.2) is 4.68 Å². The number of rotatable bonds is 3. The predicted molar refractivity (Wildman–Crippen MR) is 77.9 cm³/mol.